The summed E-state index contributed by atoms with van der Waals surface area (Å²) in [6.07, 6.45) is 0. The standard InChI is InChI=1S/C17H18Cl2N2O3S/c1-4-20-17(22)21-10-7-12(18)16(13(19)8-10)25-15-9-11(23-2)5-6-14(15)24-3/h5-9H,4H2,1-3H3,(H2,20,21,22). The summed E-state index contributed by atoms with van der Waals surface area (Å²) < 4.78 is 10.6. The van der Waals surface area contributed by atoms with Gasteiger partial charge >= 0.3 is 6.03 Å². The van der Waals surface area contributed by atoms with Crippen LogP contribution in [0.3, 0.4) is 0 Å². The Morgan fingerprint density at radius 1 is 1.12 bits per heavy atom. The van der Waals surface area contributed by atoms with Crippen molar-refractivity contribution in [3.63, 3.8) is 0 Å². The molecule has 0 heterocycles. The normalized spacial score (nSPS) is 10.3. The van der Waals surface area contributed by atoms with Crippen LogP contribution >= 0.6 is 35.0 Å². The number of methoxy groups -OCH3 is 2. The molecule has 0 bridgehead atoms. The first-order valence-corrected chi connectivity index (χ1v) is 8.99. The molecule has 2 aromatic carbocycles. The van der Waals surface area contributed by atoms with Gasteiger partial charge in [0, 0.05) is 17.1 Å². The third-order valence-electron chi connectivity index (χ3n) is 3.18. The van der Waals surface area contributed by atoms with E-state index in [1.165, 1.54) is 11.8 Å². The number of benzene rings is 2. The average Bonchev–Trinajstić information content (AvgIpc) is 2.58. The fraction of sp³-hybridized carbons (Fsp3) is 0.235. The Morgan fingerprint density at radius 3 is 2.36 bits per heavy atom. The molecule has 2 amide bonds. The van der Waals surface area contributed by atoms with Gasteiger partial charge in [-0.3, -0.25) is 0 Å². The maximum absolute atomic E-state index is 11.6. The third-order valence-corrected chi connectivity index (χ3v) is 5.18. The molecule has 0 aliphatic heterocycles. The van der Waals surface area contributed by atoms with Crippen molar-refractivity contribution in [1.82, 2.24) is 5.32 Å². The van der Waals surface area contributed by atoms with Crippen LogP contribution in [0, 0.1) is 0 Å². The van der Waals surface area contributed by atoms with Crippen molar-refractivity contribution >= 4 is 46.7 Å². The molecule has 25 heavy (non-hydrogen) atoms. The lowest BCUT2D eigenvalue weighted by Crippen LogP contribution is -2.28. The molecule has 0 saturated heterocycles. The van der Waals surface area contributed by atoms with E-state index in [0.717, 1.165) is 4.90 Å². The number of hydrogen-bond donors (Lipinski definition) is 2. The average molecular weight is 401 g/mol. The first kappa shape index (κ1) is 19.6. The number of rotatable bonds is 6. The van der Waals surface area contributed by atoms with E-state index in [4.69, 9.17) is 32.7 Å². The number of anilines is 1. The summed E-state index contributed by atoms with van der Waals surface area (Å²) in [5.74, 6) is 1.38. The maximum atomic E-state index is 11.6. The lowest BCUT2D eigenvalue weighted by molar-refractivity contribution is 0.252. The molecule has 5 nitrogen and oxygen atoms in total. The Labute approximate surface area is 161 Å². The van der Waals surface area contributed by atoms with Gasteiger partial charge in [-0.25, -0.2) is 4.79 Å². The van der Waals surface area contributed by atoms with Crippen LogP contribution in [-0.4, -0.2) is 26.8 Å². The quantitative estimate of drug-likeness (QED) is 0.689. The molecular formula is C17H18Cl2N2O3S. The first-order chi connectivity index (χ1) is 12.0. The second-order valence-corrected chi connectivity index (χ2v) is 6.74. The Kier molecular flexibility index (Phi) is 7.11. The summed E-state index contributed by atoms with van der Waals surface area (Å²) in [6, 6.07) is 8.45. The molecule has 0 fully saturated rings. The van der Waals surface area contributed by atoms with Gasteiger partial charge in [0.15, 0.2) is 0 Å². The lowest BCUT2D eigenvalue weighted by atomic mass is 10.3. The molecule has 2 aromatic rings. The van der Waals surface area contributed by atoms with E-state index < -0.39 is 0 Å². The number of carbonyl (C=O) groups excluding carboxylic acids is 1. The Balaban J connectivity index is 2.30. The summed E-state index contributed by atoms with van der Waals surface area (Å²) in [7, 11) is 3.19. The van der Waals surface area contributed by atoms with Gasteiger partial charge in [-0.15, -0.1) is 0 Å². The van der Waals surface area contributed by atoms with Gasteiger partial charge in [-0.1, -0.05) is 35.0 Å². The predicted octanol–water partition coefficient (Wildman–Crippen LogP) is 5.30. The SMILES string of the molecule is CCNC(=O)Nc1cc(Cl)c(Sc2cc(OC)ccc2OC)c(Cl)c1. The van der Waals surface area contributed by atoms with Crippen LogP contribution in [-0.2, 0) is 0 Å². The van der Waals surface area contributed by atoms with Gasteiger partial charge in [-0.05, 0) is 37.3 Å². The van der Waals surface area contributed by atoms with Crippen LogP contribution in [0.2, 0.25) is 10.0 Å². The molecular weight excluding hydrogens is 383 g/mol. The van der Waals surface area contributed by atoms with E-state index in [0.29, 0.717) is 38.7 Å². The molecule has 0 aliphatic rings. The van der Waals surface area contributed by atoms with Crippen LogP contribution in [0.1, 0.15) is 6.92 Å². The van der Waals surface area contributed by atoms with Crippen LogP contribution in [0.15, 0.2) is 40.1 Å². The second kappa shape index (κ2) is 9.08. The van der Waals surface area contributed by atoms with E-state index in [1.54, 1.807) is 26.4 Å². The van der Waals surface area contributed by atoms with Crippen LogP contribution < -0.4 is 20.1 Å². The second-order valence-electron chi connectivity index (χ2n) is 4.87. The number of nitrogens with one attached hydrogen (secondary N) is 2. The van der Waals surface area contributed by atoms with Crippen molar-refractivity contribution in [2.45, 2.75) is 16.7 Å². The minimum Gasteiger partial charge on any atom is -0.497 e. The highest BCUT2D eigenvalue weighted by atomic mass is 35.5. The largest absolute Gasteiger partial charge is 0.497 e. The lowest BCUT2D eigenvalue weighted by Gasteiger charge is -2.13. The first-order valence-electron chi connectivity index (χ1n) is 7.42. The number of urea groups is 1. The van der Waals surface area contributed by atoms with Crippen LogP contribution in [0.4, 0.5) is 10.5 Å². The molecule has 2 N–H and O–H groups in total. The van der Waals surface area contributed by atoms with Crippen molar-refractivity contribution in [1.29, 1.82) is 0 Å². The van der Waals surface area contributed by atoms with Crippen molar-refractivity contribution in [2.75, 3.05) is 26.1 Å². The van der Waals surface area contributed by atoms with E-state index in [2.05, 4.69) is 10.6 Å². The number of carbonyl (C=O) groups is 1. The Bertz CT molecular complexity index is 749. The highest BCUT2D eigenvalue weighted by molar-refractivity contribution is 7.99. The monoisotopic (exact) mass is 400 g/mol. The molecule has 0 atom stereocenters. The van der Waals surface area contributed by atoms with Gasteiger partial charge in [0.1, 0.15) is 11.5 Å². The van der Waals surface area contributed by atoms with Gasteiger partial charge < -0.3 is 20.1 Å². The van der Waals surface area contributed by atoms with Crippen molar-refractivity contribution in [3.8, 4) is 11.5 Å². The molecule has 0 aromatic heterocycles. The van der Waals surface area contributed by atoms with E-state index in [9.17, 15) is 4.79 Å². The Morgan fingerprint density at radius 2 is 1.80 bits per heavy atom. The van der Waals surface area contributed by atoms with Crippen molar-refractivity contribution < 1.29 is 14.3 Å². The van der Waals surface area contributed by atoms with Gasteiger partial charge in [0.2, 0.25) is 0 Å². The third kappa shape index (κ3) is 5.11. The molecule has 0 unspecified atom stereocenters. The zero-order chi connectivity index (χ0) is 18.4. The predicted molar refractivity (Wildman–Crippen MR) is 103 cm³/mol. The molecule has 2 rings (SSSR count). The number of ether oxygens (including phenoxy) is 2. The van der Waals surface area contributed by atoms with E-state index in [-0.39, 0.29) is 6.03 Å². The maximum Gasteiger partial charge on any atom is 0.319 e. The fourth-order valence-electron chi connectivity index (χ4n) is 2.04. The molecule has 0 spiro atoms. The van der Waals surface area contributed by atoms with Crippen molar-refractivity contribution in [3.05, 3.63) is 40.4 Å². The smallest absolute Gasteiger partial charge is 0.319 e. The summed E-state index contributed by atoms with van der Waals surface area (Å²) in [4.78, 5) is 13.1. The highest BCUT2D eigenvalue weighted by Crippen LogP contribution is 2.44. The highest BCUT2D eigenvalue weighted by Gasteiger charge is 2.14. The summed E-state index contributed by atoms with van der Waals surface area (Å²) in [6.45, 7) is 2.36. The minimum absolute atomic E-state index is 0.315. The zero-order valence-electron chi connectivity index (χ0n) is 14.0. The molecule has 134 valence electrons. The van der Waals surface area contributed by atoms with E-state index >= 15 is 0 Å². The topological polar surface area (TPSA) is 59.6 Å². The fourth-order valence-corrected chi connectivity index (χ4v) is 3.72. The summed E-state index contributed by atoms with van der Waals surface area (Å²) in [5.41, 5.74) is 0.517. The van der Waals surface area contributed by atoms with Gasteiger partial charge in [-0.2, -0.15) is 0 Å². The molecule has 0 radical (unpaired) electrons. The molecule has 0 saturated carbocycles. The zero-order valence-corrected chi connectivity index (χ0v) is 16.3. The number of hydrogen-bond acceptors (Lipinski definition) is 4. The van der Waals surface area contributed by atoms with Gasteiger partial charge in [0.05, 0.1) is 29.2 Å². The summed E-state index contributed by atoms with van der Waals surface area (Å²) >= 11 is 14.1. The molecule has 8 heteroatoms. The minimum atomic E-state index is -0.315. The number of amides is 2. The van der Waals surface area contributed by atoms with Crippen molar-refractivity contribution in [2.24, 2.45) is 0 Å². The van der Waals surface area contributed by atoms with Gasteiger partial charge in [0.25, 0.3) is 0 Å². The Hall–Kier alpha value is -1.76. The van der Waals surface area contributed by atoms with E-state index in [1.807, 2.05) is 25.1 Å². The van der Waals surface area contributed by atoms with Crippen LogP contribution in [0.25, 0.3) is 0 Å². The molecule has 0 aliphatic carbocycles. The number of halogens is 2. The van der Waals surface area contributed by atoms with Crippen LogP contribution in [0.5, 0.6) is 11.5 Å². The summed E-state index contributed by atoms with van der Waals surface area (Å²) in [5, 5.41) is 6.18.